The standard InChI is InChI=1S/C16H21ClFN/c1-19(10-14-5-11-2-3-13(14)4-11)16-7-12(9-17)6-15(18)8-16/h6-8,11,13-14H,2-5,9-10H2,1H3. The van der Waals surface area contributed by atoms with Crippen LogP contribution in [-0.2, 0) is 5.88 Å². The third-order valence-electron chi connectivity index (χ3n) is 4.93. The van der Waals surface area contributed by atoms with Crippen molar-refractivity contribution in [1.82, 2.24) is 0 Å². The van der Waals surface area contributed by atoms with Crippen LogP contribution in [0.1, 0.15) is 31.2 Å². The molecule has 19 heavy (non-hydrogen) atoms. The van der Waals surface area contributed by atoms with Crippen molar-refractivity contribution in [2.75, 3.05) is 18.5 Å². The third kappa shape index (κ3) is 2.74. The molecular weight excluding hydrogens is 261 g/mol. The van der Waals surface area contributed by atoms with Gasteiger partial charge in [0.2, 0.25) is 0 Å². The van der Waals surface area contributed by atoms with Crippen LogP contribution >= 0.6 is 11.6 Å². The molecule has 0 amide bonds. The van der Waals surface area contributed by atoms with Gasteiger partial charge in [0.1, 0.15) is 5.82 Å². The minimum atomic E-state index is -0.187. The van der Waals surface area contributed by atoms with Gasteiger partial charge in [0.15, 0.2) is 0 Å². The molecular formula is C16H21ClFN. The average molecular weight is 282 g/mol. The van der Waals surface area contributed by atoms with Gasteiger partial charge in [0.25, 0.3) is 0 Å². The highest BCUT2D eigenvalue weighted by Gasteiger charge is 2.39. The monoisotopic (exact) mass is 281 g/mol. The molecule has 0 spiro atoms. The molecule has 1 aromatic rings. The fraction of sp³-hybridized carbons (Fsp3) is 0.625. The summed E-state index contributed by atoms with van der Waals surface area (Å²) in [6.07, 6.45) is 5.63. The van der Waals surface area contributed by atoms with E-state index in [0.29, 0.717) is 5.88 Å². The number of hydrogen-bond donors (Lipinski definition) is 0. The molecule has 2 aliphatic rings. The number of anilines is 1. The zero-order valence-electron chi connectivity index (χ0n) is 11.4. The SMILES string of the molecule is CN(CC1CC2CCC1C2)c1cc(F)cc(CCl)c1. The summed E-state index contributed by atoms with van der Waals surface area (Å²) in [7, 11) is 2.07. The van der Waals surface area contributed by atoms with E-state index in [-0.39, 0.29) is 5.82 Å². The van der Waals surface area contributed by atoms with Gasteiger partial charge in [0.05, 0.1) is 0 Å². The minimum absolute atomic E-state index is 0.187. The molecule has 3 heteroatoms. The number of nitrogens with zero attached hydrogens (tertiary/aromatic N) is 1. The Labute approximate surface area is 119 Å². The topological polar surface area (TPSA) is 3.24 Å². The van der Waals surface area contributed by atoms with Crippen LogP contribution in [0.5, 0.6) is 0 Å². The van der Waals surface area contributed by atoms with Crippen molar-refractivity contribution >= 4 is 17.3 Å². The lowest BCUT2D eigenvalue weighted by Crippen LogP contribution is -2.28. The fourth-order valence-electron chi connectivity index (χ4n) is 3.99. The highest BCUT2D eigenvalue weighted by atomic mass is 35.5. The van der Waals surface area contributed by atoms with E-state index in [1.807, 2.05) is 6.07 Å². The van der Waals surface area contributed by atoms with E-state index in [2.05, 4.69) is 11.9 Å². The summed E-state index contributed by atoms with van der Waals surface area (Å²) in [4.78, 5) is 2.20. The number of rotatable bonds is 4. The Morgan fingerprint density at radius 3 is 2.74 bits per heavy atom. The Morgan fingerprint density at radius 2 is 2.11 bits per heavy atom. The molecule has 0 saturated heterocycles. The molecule has 0 aromatic heterocycles. The van der Waals surface area contributed by atoms with Gasteiger partial charge in [-0.2, -0.15) is 0 Å². The first-order valence-electron chi connectivity index (χ1n) is 7.22. The number of benzene rings is 1. The number of fused-ring (bicyclic) bond motifs is 2. The van der Waals surface area contributed by atoms with Crippen LogP contribution in [0.2, 0.25) is 0 Å². The van der Waals surface area contributed by atoms with Gasteiger partial charge in [-0.25, -0.2) is 4.39 Å². The van der Waals surface area contributed by atoms with Crippen molar-refractivity contribution < 1.29 is 4.39 Å². The number of halogens is 2. The first-order chi connectivity index (χ1) is 9.15. The van der Waals surface area contributed by atoms with E-state index in [9.17, 15) is 4.39 Å². The van der Waals surface area contributed by atoms with Crippen molar-refractivity contribution in [3.8, 4) is 0 Å². The second-order valence-electron chi connectivity index (χ2n) is 6.27. The van der Waals surface area contributed by atoms with Crippen LogP contribution in [0.25, 0.3) is 0 Å². The van der Waals surface area contributed by atoms with Gasteiger partial charge in [-0.3, -0.25) is 0 Å². The van der Waals surface area contributed by atoms with Crippen molar-refractivity contribution in [1.29, 1.82) is 0 Å². The smallest absolute Gasteiger partial charge is 0.125 e. The van der Waals surface area contributed by atoms with Crippen LogP contribution in [0, 0.1) is 23.6 Å². The van der Waals surface area contributed by atoms with Crippen molar-refractivity contribution in [3.63, 3.8) is 0 Å². The van der Waals surface area contributed by atoms with Crippen LogP contribution in [0.15, 0.2) is 18.2 Å². The summed E-state index contributed by atoms with van der Waals surface area (Å²) in [6.45, 7) is 1.05. The molecule has 1 nitrogen and oxygen atoms in total. The molecule has 2 fully saturated rings. The maximum atomic E-state index is 13.6. The zero-order valence-corrected chi connectivity index (χ0v) is 12.2. The second kappa shape index (κ2) is 5.32. The first-order valence-corrected chi connectivity index (χ1v) is 7.75. The highest BCUT2D eigenvalue weighted by Crippen LogP contribution is 2.48. The molecule has 1 aromatic carbocycles. The highest BCUT2D eigenvalue weighted by molar-refractivity contribution is 6.17. The maximum absolute atomic E-state index is 13.6. The second-order valence-corrected chi connectivity index (χ2v) is 6.53. The van der Waals surface area contributed by atoms with Crippen LogP contribution in [0.3, 0.4) is 0 Å². The molecule has 3 unspecified atom stereocenters. The van der Waals surface area contributed by atoms with Crippen LogP contribution in [0.4, 0.5) is 10.1 Å². The molecule has 0 N–H and O–H groups in total. The summed E-state index contributed by atoms with van der Waals surface area (Å²) < 4.78 is 13.6. The maximum Gasteiger partial charge on any atom is 0.125 e. The summed E-state index contributed by atoms with van der Waals surface area (Å²) in [5, 5.41) is 0. The molecule has 0 aliphatic heterocycles. The van der Waals surface area contributed by atoms with Crippen LogP contribution in [-0.4, -0.2) is 13.6 Å². The van der Waals surface area contributed by atoms with Crippen molar-refractivity contribution in [2.45, 2.75) is 31.6 Å². The molecule has 0 heterocycles. The Kier molecular flexibility index (Phi) is 3.70. The van der Waals surface area contributed by atoms with Gasteiger partial charge < -0.3 is 4.90 Å². The molecule has 0 radical (unpaired) electrons. The van der Waals surface area contributed by atoms with Gasteiger partial charge in [-0.1, -0.05) is 6.42 Å². The lowest BCUT2D eigenvalue weighted by atomic mass is 9.88. The third-order valence-corrected chi connectivity index (χ3v) is 5.24. The van der Waals surface area contributed by atoms with Crippen molar-refractivity contribution in [3.05, 3.63) is 29.6 Å². The Bertz CT molecular complexity index is 462. The van der Waals surface area contributed by atoms with Gasteiger partial charge >= 0.3 is 0 Å². The summed E-state index contributed by atoms with van der Waals surface area (Å²) in [5.74, 6) is 2.86. The Hall–Kier alpha value is -0.760. The molecule has 2 bridgehead atoms. The van der Waals surface area contributed by atoms with E-state index in [4.69, 9.17) is 11.6 Å². The van der Waals surface area contributed by atoms with Gasteiger partial charge in [-0.05, 0) is 60.8 Å². The molecule has 3 rings (SSSR count). The zero-order chi connectivity index (χ0) is 13.4. The van der Waals surface area contributed by atoms with Crippen molar-refractivity contribution in [2.24, 2.45) is 17.8 Å². The summed E-state index contributed by atoms with van der Waals surface area (Å²) >= 11 is 5.81. The number of alkyl halides is 1. The Balaban J connectivity index is 1.70. The minimum Gasteiger partial charge on any atom is -0.374 e. The lowest BCUT2D eigenvalue weighted by molar-refractivity contribution is 0.337. The van der Waals surface area contributed by atoms with E-state index in [1.165, 1.54) is 31.7 Å². The molecule has 2 aliphatic carbocycles. The van der Waals surface area contributed by atoms with Crippen LogP contribution < -0.4 is 4.90 Å². The summed E-state index contributed by atoms with van der Waals surface area (Å²) in [6, 6.07) is 5.13. The molecule has 104 valence electrons. The number of hydrogen-bond acceptors (Lipinski definition) is 1. The normalized spacial score (nSPS) is 28.9. The largest absolute Gasteiger partial charge is 0.374 e. The first kappa shape index (κ1) is 13.2. The molecule has 3 atom stereocenters. The predicted octanol–water partition coefficient (Wildman–Crippen LogP) is 4.44. The Morgan fingerprint density at radius 1 is 1.26 bits per heavy atom. The predicted molar refractivity (Wildman–Crippen MR) is 78.2 cm³/mol. The van der Waals surface area contributed by atoms with Gasteiger partial charge in [-0.15, -0.1) is 11.6 Å². The van der Waals surface area contributed by atoms with E-state index >= 15 is 0 Å². The average Bonchev–Trinajstić information content (AvgIpc) is 3.00. The van der Waals surface area contributed by atoms with Gasteiger partial charge in [0, 0.05) is 25.2 Å². The van der Waals surface area contributed by atoms with E-state index < -0.39 is 0 Å². The lowest BCUT2D eigenvalue weighted by Gasteiger charge is -2.28. The summed E-state index contributed by atoms with van der Waals surface area (Å²) in [5.41, 5.74) is 1.81. The molecule has 2 saturated carbocycles. The van der Waals surface area contributed by atoms with E-state index in [1.54, 1.807) is 6.07 Å². The fourth-order valence-corrected chi connectivity index (χ4v) is 4.14. The quantitative estimate of drug-likeness (QED) is 0.738. The van der Waals surface area contributed by atoms with E-state index in [0.717, 1.165) is 35.5 Å².